The van der Waals surface area contributed by atoms with E-state index in [1.54, 1.807) is 39.0 Å². The molecule has 7 nitrogen and oxygen atoms in total. The van der Waals surface area contributed by atoms with Gasteiger partial charge in [0.15, 0.2) is 6.17 Å². The van der Waals surface area contributed by atoms with Crippen LogP contribution in [0.2, 0.25) is 0 Å². The summed E-state index contributed by atoms with van der Waals surface area (Å²) >= 11 is 0. The van der Waals surface area contributed by atoms with E-state index in [0.29, 0.717) is 29.7 Å². The van der Waals surface area contributed by atoms with Crippen molar-refractivity contribution in [1.82, 2.24) is 4.90 Å². The summed E-state index contributed by atoms with van der Waals surface area (Å²) in [5.41, 5.74) is -0.221. The van der Waals surface area contributed by atoms with Crippen LogP contribution >= 0.6 is 0 Å². The van der Waals surface area contributed by atoms with Crippen LogP contribution in [0, 0.1) is 0 Å². The number of alkyl halides is 1. The first-order chi connectivity index (χ1) is 12.6. The number of ether oxygens (including phenoxy) is 2. The number of hydrogen-bond acceptors (Lipinski definition) is 5. The highest BCUT2D eigenvalue weighted by atomic mass is 19.1. The summed E-state index contributed by atoms with van der Waals surface area (Å²) in [7, 11) is 0. The molecule has 0 unspecified atom stereocenters. The van der Waals surface area contributed by atoms with Crippen LogP contribution in [-0.4, -0.2) is 53.0 Å². The summed E-state index contributed by atoms with van der Waals surface area (Å²) in [4.78, 5) is 24.4. The number of hydrogen-bond donors (Lipinski definition) is 1. The minimum absolute atomic E-state index is 0.100. The molecule has 1 N–H and O–H groups in total. The number of fused-ring (bicyclic) bond motifs is 1. The van der Waals surface area contributed by atoms with E-state index in [1.807, 2.05) is 0 Å². The van der Waals surface area contributed by atoms with Crippen molar-refractivity contribution in [3.63, 3.8) is 0 Å². The lowest BCUT2D eigenvalue weighted by Gasteiger charge is -2.35. The molecule has 0 aliphatic carbocycles. The molecule has 1 aliphatic rings. The Bertz CT molecular complexity index is 855. The van der Waals surface area contributed by atoms with E-state index < -0.39 is 29.9 Å². The maximum Gasteiger partial charge on any atom is 0.410 e. The van der Waals surface area contributed by atoms with Gasteiger partial charge in [-0.25, -0.2) is 14.0 Å². The molecule has 0 spiro atoms. The van der Waals surface area contributed by atoms with Crippen molar-refractivity contribution < 1.29 is 33.0 Å². The average Bonchev–Trinajstić information content (AvgIpc) is 2.98. The highest BCUT2D eigenvalue weighted by molar-refractivity contribution is 5.91. The van der Waals surface area contributed by atoms with Crippen LogP contribution in [0.15, 0.2) is 28.7 Å². The molecule has 0 saturated carbocycles. The molecule has 0 radical (unpaired) electrons. The third kappa shape index (κ3) is 4.50. The van der Waals surface area contributed by atoms with Crippen molar-refractivity contribution in [1.29, 1.82) is 0 Å². The van der Waals surface area contributed by atoms with Crippen molar-refractivity contribution in [2.24, 2.45) is 0 Å². The van der Waals surface area contributed by atoms with Gasteiger partial charge in [-0.3, -0.25) is 0 Å². The van der Waals surface area contributed by atoms with Gasteiger partial charge < -0.3 is 23.9 Å². The molecular weight excluding hydrogens is 357 g/mol. The van der Waals surface area contributed by atoms with E-state index in [9.17, 15) is 14.0 Å². The van der Waals surface area contributed by atoms with Gasteiger partial charge in [0, 0.05) is 18.4 Å². The maximum atomic E-state index is 14.5. The molecule has 1 amide bonds. The zero-order valence-corrected chi connectivity index (χ0v) is 15.4. The van der Waals surface area contributed by atoms with E-state index in [2.05, 4.69) is 0 Å². The number of piperidine rings is 1. The normalized spacial score (nSPS) is 20.5. The number of likely N-dealkylation sites (tertiary alicyclic amines) is 1. The number of aromatic carboxylic acids is 1. The number of benzene rings is 1. The molecule has 2 heterocycles. The van der Waals surface area contributed by atoms with Crippen LogP contribution in [0.25, 0.3) is 11.0 Å². The van der Waals surface area contributed by atoms with Crippen LogP contribution in [0.1, 0.15) is 37.7 Å². The topological polar surface area (TPSA) is 89.2 Å². The first-order valence-corrected chi connectivity index (χ1v) is 8.68. The van der Waals surface area contributed by atoms with Gasteiger partial charge in [-0.1, -0.05) is 0 Å². The third-order valence-corrected chi connectivity index (χ3v) is 4.12. The quantitative estimate of drug-likeness (QED) is 0.871. The zero-order valence-electron chi connectivity index (χ0n) is 15.4. The number of amides is 1. The van der Waals surface area contributed by atoms with Crippen LogP contribution in [-0.2, 0) is 4.74 Å². The lowest BCUT2D eigenvalue weighted by atomic mass is 10.1. The largest absolute Gasteiger partial charge is 0.487 e. The summed E-state index contributed by atoms with van der Waals surface area (Å²) in [6, 6.07) is 6.19. The smallest absolute Gasteiger partial charge is 0.410 e. The zero-order chi connectivity index (χ0) is 19.8. The Morgan fingerprint density at radius 3 is 2.67 bits per heavy atom. The van der Waals surface area contributed by atoms with Crippen molar-refractivity contribution in [2.45, 2.75) is 45.1 Å². The van der Waals surface area contributed by atoms with Gasteiger partial charge in [0.1, 0.15) is 23.0 Å². The number of nitrogens with zero attached hydrogens (tertiary/aromatic N) is 1. The van der Waals surface area contributed by atoms with Crippen LogP contribution in [0.4, 0.5) is 9.18 Å². The molecular formula is C19H22FNO6. The summed E-state index contributed by atoms with van der Waals surface area (Å²) in [5, 5.41) is 9.54. The summed E-state index contributed by atoms with van der Waals surface area (Å²) < 4.78 is 30.7. The number of halogens is 1. The highest BCUT2D eigenvalue weighted by Crippen LogP contribution is 2.27. The van der Waals surface area contributed by atoms with E-state index >= 15 is 0 Å². The number of furan rings is 1. The van der Waals surface area contributed by atoms with Crippen LogP contribution < -0.4 is 4.74 Å². The fraction of sp³-hybridized carbons (Fsp3) is 0.474. The molecule has 1 saturated heterocycles. The van der Waals surface area contributed by atoms with Gasteiger partial charge in [-0.15, -0.1) is 0 Å². The number of carbonyl (C=O) groups is 2. The van der Waals surface area contributed by atoms with E-state index in [-0.39, 0.29) is 12.3 Å². The Labute approximate surface area is 155 Å². The van der Waals surface area contributed by atoms with Crippen LogP contribution in [0.3, 0.4) is 0 Å². The molecule has 2 atom stereocenters. The lowest BCUT2D eigenvalue weighted by molar-refractivity contribution is -0.0105. The number of carbonyl (C=O) groups excluding carboxylic acids is 1. The Kier molecular flexibility index (Phi) is 4.99. The monoisotopic (exact) mass is 379 g/mol. The standard InChI is InChI=1S/C19H22FNO6/c1-19(2,3)27-18(24)21-7-6-15(13(20)10-21)25-12-4-5-14-11(8-12)9-16(26-14)17(22)23/h4-5,8-9,13,15H,6-7,10H2,1-3H3,(H,22,23)/t13-,15-/m0/s1. The van der Waals surface area contributed by atoms with Crippen molar-refractivity contribution in [2.75, 3.05) is 13.1 Å². The Balaban J connectivity index is 1.64. The van der Waals surface area contributed by atoms with Gasteiger partial charge >= 0.3 is 12.1 Å². The molecule has 146 valence electrons. The molecule has 1 aromatic heterocycles. The second-order valence-electron chi connectivity index (χ2n) is 7.50. The number of rotatable bonds is 3. The third-order valence-electron chi connectivity index (χ3n) is 4.12. The predicted octanol–water partition coefficient (Wildman–Crippen LogP) is 3.86. The summed E-state index contributed by atoms with van der Waals surface area (Å²) in [6.45, 7) is 5.51. The second kappa shape index (κ2) is 7.09. The van der Waals surface area contributed by atoms with Gasteiger partial charge in [-0.2, -0.15) is 0 Å². The SMILES string of the molecule is CC(C)(C)OC(=O)N1CC[C@H](Oc2ccc3oc(C(=O)O)cc3c2)[C@@H](F)C1. The fourth-order valence-corrected chi connectivity index (χ4v) is 2.88. The first-order valence-electron chi connectivity index (χ1n) is 8.68. The first kappa shape index (κ1) is 19.0. The van der Waals surface area contributed by atoms with Crippen molar-refractivity contribution >= 4 is 23.0 Å². The molecule has 1 aromatic carbocycles. The van der Waals surface area contributed by atoms with Gasteiger partial charge in [-0.05, 0) is 45.0 Å². The molecule has 8 heteroatoms. The minimum Gasteiger partial charge on any atom is -0.487 e. The van der Waals surface area contributed by atoms with Gasteiger partial charge in [0.05, 0.1) is 6.54 Å². The second-order valence-corrected chi connectivity index (χ2v) is 7.50. The molecule has 1 aliphatic heterocycles. The predicted molar refractivity (Wildman–Crippen MR) is 94.9 cm³/mol. The summed E-state index contributed by atoms with van der Waals surface area (Å²) in [6.07, 6.45) is -2.28. The lowest BCUT2D eigenvalue weighted by Crippen LogP contribution is -2.50. The number of carboxylic acids is 1. The Hall–Kier alpha value is -2.77. The Morgan fingerprint density at radius 1 is 1.30 bits per heavy atom. The fourth-order valence-electron chi connectivity index (χ4n) is 2.88. The molecule has 3 rings (SSSR count). The number of carboxylic acid groups (broad SMARTS) is 1. The van der Waals surface area contributed by atoms with Crippen molar-refractivity contribution in [3.05, 3.63) is 30.0 Å². The molecule has 1 fully saturated rings. The molecule has 0 bridgehead atoms. The average molecular weight is 379 g/mol. The van der Waals surface area contributed by atoms with Crippen molar-refractivity contribution in [3.8, 4) is 5.75 Å². The van der Waals surface area contributed by atoms with E-state index in [4.69, 9.17) is 19.0 Å². The molecule has 2 aromatic rings. The van der Waals surface area contributed by atoms with Gasteiger partial charge in [0.25, 0.3) is 0 Å². The van der Waals surface area contributed by atoms with Gasteiger partial charge in [0.2, 0.25) is 5.76 Å². The highest BCUT2D eigenvalue weighted by Gasteiger charge is 2.35. The minimum atomic E-state index is -1.36. The maximum absolute atomic E-state index is 14.5. The summed E-state index contributed by atoms with van der Waals surface area (Å²) in [5.74, 6) is -0.915. The molecule has 27 heavy (non-hydrogen) atoms. The van der Waals surface area contributed by atoms with Crippen LogP contribution in [0.5, 0.6) is 5.75 Å². The van der Waals surface area contributed by atoms with E-state index in [0.717, 1.165) is 0 Å². The Morgan fingerprint density at radius 2 is 2.04 bits per heavy atom. The van der Waals surface area contributed by atoms with E-state index in [1.165, 1.54) is 11.0 Å².